The SMILES string of the molecule is CC1=C2C(=CO[C@H](C)[C@H]2C)C(O)=C(C(=O)O)C1=O.O. The maximum atomic E-state index is 12.0. The fraction of sp³-hybridized carbons (Fsp3) is 0.385. The minimum Gasteiger partial charge on any atom is -0.506 e. The Morgan fingerprint density at radius 2 is 1.95 bits per heavy atom. The lowest BCUT2D eigenvalue weighted by Gasteiger charge is -2.33. The molecule has 0 bridgehead atoms. The molecule has 1 aliphatic heterocycles. The van der Waals surface area contributed by atoms with Crippen molar-refractivity contribution in [2.24, 2.45) is 5.92 Å². The lowest BCUT2D eigenvalue weighted by Crippen LogP contribution is -2.31. The molecule has 19 heavy (non-hydrogen) atoms. The van der Waals surface area contributed by atoms with Crippen molar-refractivity contribution < 1.29 is 30.0 Å². The predicted molar refractivity (Wildman–Crippen MR) is 66.4 cm³/mol. The van der Waals surface area contributed by atoms with E-state index in [9.17, 15) is 14.7 Å². The van der Waals surface area contributed by atoms with Gasteiger partial charge in [-0.15, -0.1) is 0 Å². The lowest BCUT2D eigenvalue weighted by molar-refractivity contribution is -0.134. The molecule has 0 unspecified atom stereocenters. The molecule has 0 spiro atoms. The zero-order valence-corrected chi connectivity index (χ0v) is 10.9. The maximum Gasteiger partial charge on any atom is 0.343 e. The Morgan fingerprint density at radius 3 is 2.47 bits per heavy atom. The average Bonchev–Trinajstić information content (AvgIpc) is 2.29. The number of aliphatic hydroxyl groups excluding tert-OH is 1. The standard InChI is InChI=1S/C13H14O5.H2O/c1-5-7(3)18-4-8-9(5)6(2)11(14)10(12(8)15)13(16)17;/h4-5,7,15H,1-3H3,(H,16,17);1H2/t5-,7-;/m1./s1. The van der Waals surface area contributed by atoms with E-state index in [2.05, 4.69) is 0 Å². The van der Waals surface area contributed by atoms with Crippen LogP contribution in [-0.2, 0) is 14.3 Å². The number of fused-ring (bicyclic) bond motifs is 1. The van der Waals surface area contributed by atoms with Gasteiger partial charge in [-0.05, 0) is 19.4 Å². The molecule has 2 rings (SSSR count). The number of carboxylic acids is 1. The first-order valence-corrected chi connectivity index (χ1v) is 5.64. The van der Waals surface area contributed by atoms with Gasteiger partial charge in [0.1, 0.15) is 17.4 Å². The van der Waals surface area contributed by atoms with Crippen LogP contribution in [0.4, 0.5) is 0 Å². The van der Waals surface area contributed by atoms with E-state index in [4.69, 9.17) is 9.84 Å². The van der Waals surface area contributed by atoms with Crippen molar-refractivity contribution in [2.45, 2.75) is 26.9 Å². The van der Waals surface area contributed by atoms with Gasteiger partial charge in [0.2, 0.25) is 0 Å². The van der Waals surface area contributed by atoms with Crippen LogP contribution in [0.3, 0.4) is 0 Å². The summed E-state index contributed by atoms with van der Waals surface area (Å²) in [6, 6.07) is 0. The van der Waals surface area contributed by atoms with Crippen LogP contribution in [0, 0.1) is 5.92 Å². The number of carbonyl (C=O) groups is 2. The summed E-state index contributed by atoms with van der Waals surface area (Å²) >= 11 is 0. The zero-order chi connectivity index (χ0) is 13.6. The Hall–Kier alpha value is -2.08. The molecule has 6 nitrogen and oxygen atoms in total. The van der Waals surface area contributed by atoms with Crippen LogP contribution in [0.5, 0.6) is 0 Å². The zero-order valence-electron chi connectivity index (χ0n) is 10.9. The Bertz CT molecular complexity index is 537. The molecular formula is C13H16O6. The molecule has 2 atom stereocenters. The molecule has 0 aromatic heterocycles. The first-order chi connectivity index (χ1) is 8.36. The van der Waals surface area contributed by atoms with E-state index in [1.54, 1.807) is 6.92 Å². The molecule has 2 aliphatic rings. The molecule has 0 radical (unpaired) electrons. The highest BCUT2D eigenvalue weighted by Crippen LogP contribution is 2.40. The van der Waals surface area contributed by atoms with E-state index in [-0.39, 0.29) is 17.5 Å². The Morgan fingerprint density at radius 1 is 1.37 bits per heavy atom. The van der Waals surface area contributed by atoms with Crippen molar-refractivity contribution in [1.82, 2.24) is 0 Å². The van der Waals surface area contributed by atoms with Crippen molar-refractivity contribution in [3.05, 3.63) is 34.3 Å². The van der Waals surface area contributed by atoms with Crippen molar-refractivity contribution in [3.63, 3.8) is 0 Å². The second-order valence-electron chi connectivity index (χ2n) is 4.56. The topological polar surface area (TPSA) is 115 Å². The van der Waals surface area contributed by atoms with Crippen molar-refractivity contribution in [3.8, 4) is 0 Å². The highest BCUT2D eigenvalue weighted by molar-refractivity contribution is 6.25. The summed E-state index contributed by atoms with van der Waals surface area (Å²) in [4.78, 5) is 23.0. The monoisotopic (exact) mass is 268 g/mol. The fourth-order valence-corrected chi connectivity index (χ4v) is 2.31. The van der Waals surface area contributed by atoms with Crippen LogP contribution in [0.15, 0.2) is 34.3 Å². The summed E-state index contributed by atoms with van der Waals surface area (Å²) in [5.74, 6) is -2.64. The van der Waals surface area contributed by atoms with Gasteiger partial charge in [0.25, 0.3) is 0 Å². The van der Waals surface area contributed by atoms with Crippen LogP contribution in [0.2, 0.25) is 0 Å². The lowest BCUT2D eigenvalue weighted by atomic mass is 9.78. The Labute approximate surface area is 110 Å². The fourth-order valence-electron chi connectivity index (χ4n) is 2.31. The minimum absolute atomic E-state index is 0. The second kappa shape index (κ2) is 4.89. The molecule has 6 heteroatoms. The molecule has 1 heterocycles. The van der Waals surface area contributed by atoms with Gasteiger partial charge >= 0.3 is 5.97 Å². The quantitative estimate of drug-likeness (QED) is 0.685. The number of hydrogen-bond acceptors (Lipinski definition) is 4. The summed E-state index contributed by atoms with van der Waals surface area (Å²) in [5.41, 5.74) is 0.739. The van der Waals surface area contributed by atoms with Crippen molar-refractivity contribution >= 4 is 11.8 Å². The summed E-state index contributed by atoms with van der Waals surface area (Å²) in [6.45, 7) is 5.31. The number of carboxylic acid groups (broad SMARTS) is 1. The first-order valence-electron chi connectivity index (χ1n) is 5.64. The largest absolute Gasteiger partial charge is 0.506 e. The number of ether oxygens (including phenoxy) is 1. The highest BCUT2D eigenvalue weighted by atomic mass is 16.5. The van der Waals surface area contributed by atoms with Crippen molar-refractivity contribution in [1.29, 1.82) is 0 Å². The van der Waals surface area contributed by atoms with Crippen molar-refractivity contribution in [2.75, 3.05) is 0 Å². The Kier molecular flexibility index (Phi) is 3.86. The minimum atomic E-state index is -1.43. The van der Waals surface area contributed by atoms with E-state index >= 15 is 0 Å². The molecular weight excluding hydrogens is 252 g/mol. The number of carbonyl (C=O) groups excluding carboxylic acids is 1. The van der Waals surface area contributed by atoms with Gasteiger partial charge in [-0.3, -0.25) is 4.79 Å². The smallest absolute Gasteiger partial charge is 0.343 e. The third kappa shape index (κ3) is 2.04. The molecule has 4 N–H and O–H groups in total. The summed E-state index contributed by atoms with van der Waals surface area (Å²) in [6.07, 6.45) is 1.21. The highest BCUT2D eigenvalue weighted by Gasteiger charge is 2.39. The molecule has 0 aromatic rings. The number of aliphatic hydroxyl groups is 1. The van der Waals surface area contributed by atoms with Gasteiger partial charge in [0.05, 0.1) is 11.8 Å². The summed E-state index contributed by atoms with van der Waals surface area (Å²) in [5, 5.41) is 18.9. The third-order valence-corrected chi connectivity index (χ3v) is 3.53. The molecule has 0 aromatic carbocycles. The van der Waals surface area contributed by atoms with Gasteiger partial charge < -0.3 is 20.4 Å². The van der Waals surface area contributed by atoms with Crippen LogP contribution in [0.25, 0.3) is 0 Å². The van der Waals surface area contributed by atoms with Crippen LogP contribution in [-0.4, -0.2) is 33.5 Å². The van der Waals surface area contributed by atoms with E-state index in [1.807, 2.05) is 13.8 Å². The molecule has 0 saturated carbocycles. The molecule has 1 aliphatic carbocycles. The molecule has 0 fully saturated rings. The average molecular weight is 268 g/mol. The van der Waals surface area contributed by atoms with Gasteiger partial charge in [-0.1, -0.05) is 6.92 Å². The number of hydrogen-bond donors (Lipinski definition) is 2. The normalized spacial score (nSPS) is 26.3. The predicted octanol–water partition coefficient (Wildman–Crippen LogP) is 0.896. The van der Waals surface area contributed by atoms with E-state index in [1.165, 1.54) is 6.26 Å². The van der Waals surface area contributed by atoms with Crippen LogP contribution < -0.4 is 0 Å². The van der Waals surface area contributed by atoms with E-state index in [0.717, 1.165) is 0 Å². The molecule has 0 saturated heterocycles. The molecule has 0 amide bonds. The first kappa shape index (κ1) is 15.0. The number of allylic oxidation sites excluding steroid dienone is 2. The molecule has 104 valence electrons. The number of aliphatic carboxylic acids is 1. The van der Waals surface area contributed by atoms with Gasteiger partial charge in [0.15, 0.2) is 5.78 Å². The van der Waals surface area contributed by atoms with Gasteiger partial charge in [0, 0.05) is 11.5 Å². The second-order valence-corrected chi connectivity index (χ2v) is 4.56. The summed E-state index contributed by atoms with van der Waals surface area (Å²) < 4.78 is 5.35. The van der Waals surface area contributed by atoms with Gasteiger partial charge in [-0.2, -0.15) is 0 Å². The van der Waals surface area contributed by atoms with Crippen LogP contribution in [0.1, 0.15) is 20.8 Å². The van der Waals surface area contributed by atoms with E-state index < -0.39 is 23.1 Å². The van der Waals surface area contributed by atoms with E-state index in [0.29, 0.717) is 16.7 Å². The summed E-state index contributed by atoms with van der Waals surface area (Å²) in [7, 11) is 0. The third-order valence-electron chi connectivity index (χ3n) is 3.53. The number of ketones is 1. The van der Waals surface area contributed by atoms with Gasteiger partial charge in [-0.25, -0.2) is 4.79 Å². The maximum absolute atomic E-state index is 12.0. The van der Waals surface area contributed by atoms with Crippen LogP contribution >= 0.6 is 0 Å². The number of rotatable bonds is 1. The Balaban J connectivity index is 0.00000180. The number of Topliss-reactive ketones (excluding diaryl/α,β-unsaturated/α-hetero) is 1.